The maximum atomic E-state index is 5.73. The van der Waals surface area contributed by atoms with Crippen LogP contribution >= 0.6 is 0 Å². The maximum Gasteiger partial charge on any atom is 0.0481 e. The Kier molecular flexibility index (Phi) is 2.49. The van der Waals surface area contributed by atoms with E-state index in [4.69, 9.17) is 5.73 Å². The second-order valence-corrected chi connectivity index (χ2v) is 4.74. The molecule has 0 unspecified atom stereocenters. The van der Waals surface area contributed by atoms with Crippen LogP contribution in [0.15, 0.2) is 30.5 Å². The smallest absolute Gasteiger partial charge is 0.0481 e. The number of aromatic amines is 2. The molecule has 1 aromatic carbocycles. The van der Waals surface area contributed by atoms with E-state index in [2.05, 4.69) is 54.3 Å². The second kappa shape index (κ2) is 4.03. The van der Waals surface area contributed by atoms with Crippen LogP contribution in [0.1, 0.15) is 16.8 Å². The highest BCUT2D eigenvalue weighted by atomic mass is 14.8. The van der Waals surface area contributed by atoms with Crippen molar-refractivity contribution in [2.45, 2.75) is 20.4 Å². The van der Waals surface area contributed by atoms with E-state index in [1.165, 1.54) is 27.6 Å². The van der Waals surface area contributed by atoms with Gasteiger partial charge >= 0.3 is 0 Å². The number of aryl methyl sites for hydroxylation is 2. The summed E-state index contributed by atoms with van der Waals surface area (Å²) in [5.74, 6) is 0. The molecule has 4 N–H and O–H groups in total. The minimum absolute atomic E-state index is 0.573. The van der Waals surface area contributed by atoms with Gasteiger partial charge in [-0.1, -0.05) is 12.1 Å². The van der Waals surface area contributed by atoms with E-state index in [1.54, 1.807) is 0 Å². The molecule has 0 aliphatic heterocycles. The van der Waals surface area contributed by atoms with Crippen LogP contribution < -0.4 is 5.73 Å². The largest absolute Gasteiger partial charge is 0.360 e. The molecule has 0 radical (unpaired) electrons. The maximum absolute atomic E-state index is 5.73. The van der Waals surface area contributed by atoms with Gasteiger partial charge in [-0.15, -0.1) is 0 Å². The fraction of sp³-hybridized carbons (Fsp3) is 0.200. The van der Waals surface area contributed by atoms with E-state index in [0.29, 0.717) is 6.54 Å². The van der Waals surface area contributed by atoms with Gasteiger partial charge in [-0.2, -0.15) is 0 Å². The minimum Gasteiger partial charge on any atom is -0.360 e. The number of aromatic nitrogens is 2. The Bertz CT molecular complexity index is 704. The van der Waals surface area contributed by atoms with E-state index in [-0.39, 0.29) is 0 Å². The van der Waals surface area contributed by atoms with Crippen molar-refractivity contribution in [3.05, 3.63) is 47.3 Å². The molecule has 3 heteroatoms. The third-order valence-electron chi connectivity index (χ3n) is 3.55. The molecule has 3 rings (SSSR count). The summed E-state index contributed by atoms with van der Waals surface area (Å²) in [7, 11) is 0. The predicted octanol–water partition coefficient (Wildman–Crippen LogP) is 3.24. The first-order chi connectivity index (χ1) is 8.70. The molecule has 3 nitrogen and oxygen atoms in total. The zero-order valence-electron chi connectivity index (χ0n) is 10.7. The van der Waals surface area contributed by atoms with Gasteiger partial charge in [-0.3, -0.25) is 0 Å². The van der Waals surface area contributed by atoms with E-state index in [1.807, 2.05) is 0 Å². The van der Waals surface area contributed by atoms with Crippen LogP contribution in [-0.4, -0.2) is 9.97 Å². The summed E-state index contributed by atoms with van der Waals surface area (Å²) in [6.07, 6.45) is 2.06. The van der Waals surface area contributed by atoms with Crippen molar-refractivity contribution in [1.29, 1.82) is 0 Å². The Hall–Kier alpha value is -2.00. The SMILES string of the molecule is Cc1[nH]c(-c2c[nH]c3cccc(C)c23)cc1CN. The summed E-state index contributed by atoms with van der Waals surface area (Å²) in [5.41, 5.74) is 12.9. The number of hydrogen-bond acceptors (Lipinski definition) is 1. The minimum atomic E-state index is 0.573. The number of benzene rings is 1. The average Bonchev–Trinajstić information content (AvgIpc) is 2.93. The lowest BCUT2D eigenvalue weighted by Crippen LogP contribution is -1.95. The Balaban J connectivity index is 2.25. The summed E-state index contributed by atoms with van der Waals surface area (Å²) in [6, 6.07) is 8.46. The van der Waals surface area contributed by atoms with E-state index < -0.39 is 0 Å². The van der Waals surface area contributed by atoms with Crippen molar-refractivity contribution in [2.24, 2.45) is 5.73 Å². The number of H-pyrrole nitrogens is 2. The molecule has 0 saturated carbocycles. The fourth-order valence-corrected chi connectivity index (χ4v) is 2.54. The fourth-order valence-electron chi connectivity index (χ4n) is 2.54. The highest BCUT2D eigenvalue weighted by Crippen LogP contribution is 2.31. The summed E-state index contributed by atoms with van der Waals surface area (Å²) in [5, 5.41) is 1.28. The molecule has 0 atom stereocenters. The van der Waals surface area contributed by atoms with Crippen molar-refractivity contribution in [1.82, 2.24) is 9.97 Å². The molecule has 0 fully saturated rings. The molecule has 0 bridgehead atoms. The molecule has 92 valence electrons. The molecule has 3 aromatic rings. The van der Waals surface area contributed by atoms with Crippen molar-refractivity contribution < 1.29 is 0 Å². The Morgan fingerprint density at radius 1 is 1.22 bits per heavy atom. The van der Waals surface area contributed by atoms with Gasteiger partial charge in [-0.25, -0.2) is 0 Å². The van der Waals surface area contributed by atoms with Crippen LogP contribution in [0, 0.1) is 13.8 Å². The second-order valence-electron chi connectivity index (χ2n) is 4.74. The molecule has 0 saturated heterocycles. The number of nitrogens with one attached hydrogen (secondary N) is 2. The lowest BCUT2D eigenvalue weighted by atomic mass is 10.1. The molecule has 0 aliphatic rings. The molecule has 18 heavy (non-hydrogen) atoms. The van der Waals surface area contributed by atoms with Gasteiger partial charge in [0.25, 0.3) is 0 Å². The zero-order valence-corrected chi connectivity index (χ0v) is 10.7. The number of rotatable bonds is 2. The molecular weight excluding hydrogens is 222 g/mol. The number of fused-ring (bicyclic) bond motifs is 1. The van der Waals surface area contributed by atoms with Crippen molar-refractivity contribution >= 4 is 10.9 Å². The summed E-state index contributed by atoms with van der Waals surface area (Å²) >= 11 is 0. The predicted molar refractivity (Wildman–Crippen MR) is 75.5 cm³/mol. The number of nitrogens with two attached hydrogens (primary N) is 1. The van der Waals surface area contributed by atoms with Crippen molar-refractivity contribution in [3.63, 3.8) is 0 Å². The average molecular weight is 239 g/mol. The number of hydrogen-bond donors (Lipinski definition) is 3. The highest BCUT2D eigenvalue weighted by Gasteiger charge is 2.11. The summed E-state index contributed by atoms with van der Waals surface area (Å²) < 4.78 is 0. The topological polar surface area (TPSA) is 57.6 Å². The zero-order chi connectivity index (χ0) is 12.7. The Morgan fingerprint density at radius 2 is 2.06 bits per heavy atom. The van der Waals surface area contributed by atoms with Gasteiger partial charge in [0.2, 0.25) is 0 Å². The van der Waals surface area contributed by atoms with E-state index in [0.717, 1.165) is 11.4 Å². The van der Waals surface area contributed by atoms with Gasteiger partial charge in [0, 0.05) is 40.6 Å². The molecule has 0 amide bonds. The van der Waals surface area contributed by atoms with E-state index >= 15 is 0 Å². The molecule has 0 aliphatic carbocycles. The van der Waals surface area contributed by atoms with Crippen LogP contribution in [0.5, 0.6) is 0 Å². The highest BCUT2D eigenvalue weighted by molar-refractivity contribution is 5.97. The van der Waals surface area contributed by atoms with Crippen LogP contribution in [0.25, 0.3) is 22.2 Å². The van der Waals surface area contributed by atoms with Crippen LogP contribution in [0.4, 0.5) is 0 Å². The van der Waals surface area contributed by atoms with Crippen LogP contribution in [0.3, 0.4) is 0 Å². The van der Waals surface area contributed by atoms with Gasteiger partial charge in [0.1, 0.15) is 0 Å². The lowest BCUT2D eigenvalue weighted by molar-refractivity contribution is 1.04. The van der Waals surface area contributed by atoms with Crippen LogP contribution in [0.2, 0.25) is 0 Å². The van der Waals surface area contributed by atoms with Gasteiger partial charge in [0.05, 0.1) is 0 Å². The molecule has 2 heterocycles. The van der Waals surface area contributed by atoms with Crippen molar-refractivity contribution in [2.75, 3.05) is 0 Å². The third-order valence-corrected chi connectivity index (χ3v) is 3.55. The molecular formula is C15H17N3. The summed E-state index contributed by atoms with van der Waals surface area (Å²) in [6.45, 7) is 4.77. The first-order valence-electron chi connectivity index (χ1n) is 6.16. The van der Waals surface area contributed by atoms with Crippen molar-refractivity contribution in [3.8, 4) is 11.3 Å². The standard InChI is InChI=1S/C15H17N3/c1-9-4-3-5-13-15(9)12(8-17-13)14-6-11(7-16)10(2)18-14/h3-6,8,17-18H,7,16H2,1-2H3. The molecule has 0 spiro atoms. The van der Waals surface area contributed by atoms with Crippen LogP contribution in [-0.2, 0) is 6.54 Å². The normalized spacial score (nSPS) is 11.3. The first kappa shape index (κ1) is 11.1. The van der Waals surface area contributed by atoms with E-state index in [9.17, 15) is 0 Å². The lowest BCUT2D eigenvalue weighted by Gasteiger charge is -1.99. The quantitative estimate of drug-likeness (QED) is 0.631. The molecule has 2 aromatic heterocycles. The van der Waals surface area contributed by atoms with Gasteiger partial charge < -0.3 is 15.7 Å². The monoisotopic (exact) mass is 239 g/mol. The first-order valence-corrected chi connectivity index (χ1v) is 6.16. The van der Waals surface area contributed by atoms with Gasteiger partial charge in [-0.05, 0) is 37.1 Å². The third kappa shape index (κ3) is 1.56. The Labute approximate surface area is 106 Å². The summed E-state index contributed by atoms with van der Waals surface area (Å²) in [4.78, 5) is 6.74. The van der Waals surface area contributed by atoms with Gasteiger partial charge in [0.15, 0.2) is 0 Å². The Morgan fingerprint density at radius 3 is 2.78 bits per heavy atom.